The molecule has 20 heavy (non-hydrogen) atoms. The summed E-state index contributed by atoms with van der Waals surface area (Å²) in [6, 6.07) is 0.184. The lowest BCUT2D eigenvalue weighted by molar-refractivity contribution is -0.121. The number of carbonyl (C=O) groups excluding carboxylic acids is 2. The molecular weight excluding hydrogens is 260 g/mol. The molecule has 0 aromatic rings. The number of hydrogen-bond donors (Lipinski definition) is 3. The van der Waals surface area contributed by atoms with Gasteiger partial charge >= 0.3 is 6.03 Å². The van der Waals surface area contributed by atoms with Gasteiger partial charge in [-0.3, -0.25) is 15.0 Å². The molecule has 0 atom stereocenters. The molecule has 1 fully saturated rings. The molecule has 3 amide bonds. The molecular formula is C13H26N4O3. The van der Waals surface area contributed by atoms with Crippen LogP contribution in [0, 0.1) is 0 Å². The predicted molar refractivity (Wildman–Crippen MR) is 76.3 cm³/mol. The van der Waals surface area contributed by atoms with E-state index >= 15 is 0 Å². The van der Waals surface area contributed by atoms with Crippen LogP contribution in [-0.4, -0.2) is 62.8 Å². The zero-order chi connectivity index (χ0) is 15.0. The number of carbonyl (C=O) groups is 2. The number of nitrogens with two attached hydrogens (primary N) is 1. The Labute approximate surface area is 120 Å². The maximum absolute atomic E-state index is 11.7. The first-order valence-corrected chi connectivity index (χ1v) is 7.05. The predicted octanol–water partition coefficient (Wildman–Crippen LogP) is -0.340. The van der Waals surface area contributed by atoms with Crippen LogP contribution in [0.4, 0.5) is 4.79 Å². The lowest BCUT2D eigenvalue weighted by atomic mass is 9.91. The standard InChI is InChI=1S/C13H26N4O3/c1-17(11-5-3-10(14)4-6-11)9-12(18)16-13(19)15-7-8-20-2/h10-11H,3-9,14H2,1-2H3,(H2,15,16,18,19). The van der Waals surface area contributed by atoms with Crippen LogP contribution in [0.25, 0.3) is 0 Å². The van der Waals surface area contributed by atoms with Gasteiger partial charge in [-0.1, -0.05) is 0 Å². The lowest BCUT2D eigenvalue weighted by Crippen LogP contribution is -2.47. The molecule has 0 bridgehead atoms. The molecule has 116 valence electrons. The zero-order valence-corrected chi connectivity index (χ0v) is 12.4. The molecule has 0 aromatic carbocycles. The van der Waals surface area contributed by atoms with Gasteiger partial charge in [0.25, 0.3) is 0 Å². The van der Waals surface area contributed by atoms with Crippen molar-refractivity contribution in [2.24, 2.45) is 5.73 Å². The van der Waals surface area contributed by atoms with Crippen molar-refractivity contribution in [3.63, 3.8) is 0 Å². The Hall–Kier alpha value is -1.18. The van der Waals surface area contributed by atoms with Crippen LogP contribution in [-0.2, 0) is 9.53 Å². The molecule has 1 saturated carbocycles. The Bertz CT molecular complexity index is 317. The van der Waals surface area contributed by atoms with Crippen molar-refractivity contribution in [2.45, 2.75) is 37.8 Å². The summed E-state index contributed by atoms with van der Waals surface area (Å²) in [6.07, 6.45) is 4.00. The van der Waals surface area contributed by atoms with Gasteiger partial charge in [0, 0.05) is 25.7 Å². The molecule has 0 spiro atoms. The first kappa shape index (κ1) is 16.9. The normalized spacial score (nSPS) is 22.6. The summed E-state index contributed by atoms with van der Waals surface area (Å²) < 4.78 is 4.80. The topological polar surface area (TPSA) is 96.7 Å². The molecule has 1 aliphatic rings. The van der Waals surface area contributed by atoms with Crippen molar-refractivity contribution in [1.82, 2.24) is 15.5 Å². The minimum atomic E-state index is -0.480. The SMILES string of the molecule is COCCNC(=O)NC(=O)CN(C)C1CCC(N)CC1. The third-order valence-electron chi connectivity index (χ3n) is 3.60. The minimum Gasteiger partial charge on any atom is -0.383 e. The summed E-state index contributed by atoms with van der Waals surface area (Å²) in [6.45, 7) is 1.02. The summed E-state index contributed by atoms with van der Waals surface area (Å²) in [7, 11) is 3.46. The Morgan fingerprint density at radius 1 is 1.30 bits per heavy atom. The first-order valence-electron chi connectivity index (χ1n) is 7.05. The Balaban J connectivity index is 2.22. The number of imide groups is 1. The highest BCUT2D eigenvalue weighted by molar-refractivity contribution is 5.95. The average molecular weight is 286 g/mol. The summed E-state index contributed by atoms with van der Waals surface area (Å²) in [5.74, 6) is -0.294. The molecule has 1 aliphatic carbocycles. The van der Waals surface area contributed by atoms with Gasteiger partial charge in [-0.05, 0) is 32.7 Å². The molecule has 0 unspecified atom stereocenters. The largest absolute Gasteiger partial charge is 0.383 e. The van der Waals surface area contributed by atoms with Gasteiger partial charge in [-0.25, -0.2) is 4.79 Å². The van der Waals surface area contributed by atoms with E-state index in [1.807, 2.05) is 11.9 Å². The van der Waals surface area contributed by atoms with E-state index < -0.39 is 6.03 Å². The van der Waals surface area contributed by atoms with Gasteiger partial charge in [0.1, 0.15) is 0 Å². The molecule has 7 heteroatoms. The average Bonchev–Trinajstić information content (AvgIpc) is 2.39. The molecule has 4 N–H and O–H groups in total. The van der Waals surface area contributed by atoms with Crippen LogP contribution in [0.2, 0.25) is 0 Å². The van der Waals surface area contributed by atoms with E-state index in [2.05, 4.69) is 10.6 Å². The fraction of sp³-hybridized carbons (Fsp3) is 0.846. The number of hydrogen-bond acceptors (Lipinski definition) is 5. The molecule has 0 aliphatic heterocycles. The van der Waals surface area contributed by atoms with E-state index in [4.69, 9.17) is 10.5 Å². The number of methoxy groups -OCH3 is 1. The van der Waals surface area contributed by atoms with E-state index in [0.29, 0.717) is 25.2 Å². The number of nitrogens with one attached hydrogen (secondary N) is 2. The smallest absolute Gasteiger partial charge is 0.321 e. The molecule has 7 nitrogen and oxygen atoms in total. The maximum atomic E-state index is 11.7. The zero-order valence-electron chi connectivity index (χ0n) is 12.4. The third-order valence-corrected chi connectivity index (χ3v) is 3.60. The quantitative estimate of drug-likeness (QED) is 0.581. The summed E-state index contributed by atoms with van der Waals surface area (Å²) >= 11 is 0. The van der Waals surface area contributed by atoms with Gasteiger partial charge in [-0.15, -0.1) is 0 Å². The molecule has 0 aromatic heterocycles. The number of likely N-dealkylation sites (N-methyl/N-ethyl adjacent to an activating group) is 1. The van der Waals surface area contributed by atoms with Gasteiger partial charge in [0.05, 0.1) is 13.2 Å². The number of amides is 3. The minimum absolute atomic E-state index is 0.220. The van der Waals surface area contributed by atoms with Crippen molar-refractivity contribution in [3.05, 3.63) is 0 Å². The summed E-state index contributed by atoms with van der Waals surface area (Å²) in [5, 5.41) is 4.85. The number of ether oxygens (including phenoxy) is 1. The fourth-order valence-electron chi connectivity index (χ4n) is 2.37. The Morgan fingerprint density at radius 2 is 1.95 bits per heavy atom. The van der Waals surface area contributed by atoms with Gasteiger partial charge in [0.2, 0.25) is 5.91 Å². The van der Waals surface area contributed by atoms with Crippen LogP contribution in [0.1, 0.15) is 25.7 Å². The lowest BCUT2D eigenvalue weighted by Gasteiger charge is -2.32. The van der Waals surface area contributed by atoms with Gasteiger partial charge in [0.15, 0.2) is 0 Å². The van der Waals surface area contributed by atoms with Crippen LogP contribution in [0.5, 0.6) is 0 Å². The Kier molecular flexibility index (Phi) is 7.50. The fourth-order valence-corrected chi connectivity index (χ4v) is 2.37. The second kappa shape index (κ2) is 8.89. The van der Waals surface area contributed by atoms with Gasteiger partial charge in [-0.2, -0.15) is 0 Å². The van der Waals surface area contributed by atoms with Gasteiger partial charge < -0.3 is 15.8 Å². The molecule has 0 radical (unpaired) electrons. The highest BCUT2D eigenvalue weighted by Crippen LogP contribution is 2.20. The van der Waals surface area contributed by atoms with Crippen LogP contribution in [0.3, 0.4) is 0 Å². The van der Waals surface area contributed by atoms with E-state index in [9.17, 15) is 9.59 Å². The third kappa shape index (κ3) is 6.31. The second-order valence-electron chi connectivity index (χ2n) is 5.28. The van der Waals surface area contributed by atoms with Crippen molar-refractivity contribution in [3.8, 4) is 0 Å². The number of nitrogens with zero attached hydrogens (tertiary/aromatic N) is 1. The summed E-state index contributed by atoms with van der Waals surface area (Å²) in [5.41, 5.74) is 5.86. The highest BCUT2D eigenvalue weighted by Gasteiger charge is 2.23. The molecule has 0 heterocycles. The van der Waals surface area contributed by atoms with E-state index in [1.165, 1.54) is 0 Å². The summed E-state index contributed by atoms with van der Waals surface area (Å²) in [4.78, 5) is 25.1. The first-order chi connectivity index (χ1) is 9.52. The number of urea groups is 1. The van der Waals surface area contributed by atoms with Crippen molar-refractivity contribution < 1.29 is 14.3 Å². The van der Waals surface area contributed by atoms with Crippen molar-refractivity contribution in [2.75, 3.05) is 33.9 Å². The maximum Gasteiger partial charge on any atom is 0.321 e. The molecule has 1 rings (SSSR count). The van der Waals surface area contributed by atoms with Crippen molar-refractivity contribution >= 4 is 11.9 Å². The van der Waals surface area contributed by atoms with Crippen LogP contribution < -0.4 is 16.4 Å². The Morgan fingerprint density at radius 3 is 2.55 bits per heavy atom. The van der Waals surface area contributed by atoms with Crippen molar-refractivity contribution in [1.29, 1.82) is 0 Å². The molecule has 0 saturated heterocycles. The monoisotopic (exact) mass is 286 g/mol. The van der Waals surface area contributed by atoms with Crippen LogP contribution in [0.15, 0.2) is 0 Å². The van der Waals surface area contributed by atoms with E-state index in [1.54, 1.807) is 7.11 Å². The second-order valence-corrected chi connectivity index (χ2v) is 5.28. The van der Waals surface area contributed by atoms with Crippen LogP contribution >= 0.6 is 0 Å². The van der Waals surface area contributed by atoms with E-state index in [-0.39, 0.29) is 12.5 Å². The van der Waals surface area contributed by atoms with E-state index in [0.717, 1.165) is 25.7 Å². The number of rotatable bonds is 6. The highest BCUT2D eigenvalue weighted by atomic mass is 16.5.